The van der Waals surface area contributed by atoms with E-state index in [9.17, 15) is 0 Å². The van der Waals surface area contributed by atoms with Gasteiger partial charge in [-0.1, -0.05) is 0 Å². The average molecular weight is 336 g/mol. The molecule has 0 unspecified atom stereocenters. The Hall–Kier alpha value is 0.558. The van der Waals surface area contributed by atoms with E-state index in [2.05, 4.69) is 29.9 Å². The van der Waals surface area contributed by atoms with Crippen molar-refractivity contribution in [3.63, 3.8) is 0 Å². The van der Waals surface area contributed by atoms with E-state index < -0.39 is 0 Å². The van der Waals surface area contributed by atoms with Crippen LogP contribution in [0.2, 0.25) is 8.73 Å². The molecule has 12 heavy (non-hydrogen) atoms. The normalized spacial score (nSPS) is 8.50. The first-order chi connectivity index (χ1) is 5.81. The Bertz CT molecular complexity index is 172. The summed E-state index contributed by atoms with van der Waals surface area (Å²) in [7, 11) is 0. The van der Waals surface area contributed by atoms with Crippen LogP contribution in [-0.4, -0.2) is 37.6 Å². The van der Waals surface area contributed by atoms with Crippen LogP contribution in [0.3, 0.4) is 0 Å². The molecule has 0 N–H and O–H groups in total. The fourth-order valence-electron chi connectivity index (χ4n) is 0.644. The number of rotatable bonds is 2. The summed E-state index contributed by atoms with van der Waals surface area (Å²) in [5.41, 5.74) is 0. The van der Waals surface area contributed by atoms with Crippen LogP contribution in [0.5, 0.6) is 0 Å². The van der Waals surface area contributed by atoms with Gasteiger partial charge in [0.25, 0.3) is 0 Å². The van der Waals surface area contributed by atoms with Crippen LogP contribution in [0, 0.1) is 0 Å². The van der Waals surface area contributed by atoms with Gasteiger partial charge in [-0.25, -0.2) is 0 Å². The second-order valence-electron chi connectivity index (χ2n) is 2.17. The van der Waals surface area contributed by atoms with Crippen LogP contribution in [0.25, 0.3) is 0 Å². The first-order valence-corrected chi connectivity index (χ1v) is 8.63. The predicted octanol–water partition coefficient (Wildman–Crippen LogP) is 2.05. The fourth-order valence-corrected chi connectivity index (χ4v) is 2.25. The molecule has 0 saturated carbocycles. The summed E-state index contributed by atoms with van der Waals surface area (Å²) in [5, 5.41) is 0. The monoisotopic (exact) mass is 336 g/mol. The predicted molar refractivity (Wildman–Crippen MR) is 58.5 cm³/mol. The van der Waals surface area contributed by atoms with Crippen molar-refractivity contribution in [2.45, 2.75) is 22.6 Å². The summed E-state index contributed by atoms with van der Waals surface area (Å²) in [5.74, 6) is 0. The molecule has 0 saturated heterocycles. The van der Waals surface area contributed by atoms with E-state index in [0.717, 1.165) is 0 Å². The molecule has 2 heteroatoms. The summed E-state index contributed by atoms with van der Waals surface area (Å²) in [4.78, 5) is 0. The zero-order chi connectivity index (χ0) is 9.23. The van der Waals surface area contributed by atoms with Crippen LogP contribution >= 0.6 is 0 Å². The standard InChI is InChI=1S/C6H5Se.2C2H5.Sb/c7-6-4-2-1-3-5-6;2*1-2;/h1-5H;2*1H2,2H3;. The van der Waals surface area contributed by atoms with E-state index in [1.165, 1.54) is 13.2 Å². The van der Waals surface area contributed by atoms with Crippen molar-refractivity contribution in [2.75, 3.05) is 0 Å². The van der Waals surface area contributed by atoms with Crippen LogP contribution in [0.1, 0.15) is 13.8 Å². The van der Waals surface area contributed by atoms with Crippen molar-refractivity contribution < 1.29 is 0 Å². The third-order valence-electron chi connectivity index (χ3n) is 1.19. The molecule has 0 aromatic heterocycles. The van der Waals surface area contributed by atoms with Gasteiger partial charge in [0.2, 0.25) is 0 Å². The first kappa shape index (κ1) is 12.6. The van der Waals surface area contributed by atoms with Crippen molar-refractivity contribution >= 4 is 42.1 Å². The van der Waals surface area contributed by atoms with Gasteiger partial charge in [0.05, 0.1) is 0 Å². The molecule has 1 rings (SSSR count). The van der Waals surface area contributed by atoms with E-state index >= 15 is 0 Å². The fraction of sp³-hybridized carbons (Fsp3) is 0.400. The molecule has 0 aliphatic carbocycles. The molecule has 66 valence electrons. The molecule has 2 radical (unpaired) electrons. The minimum absolute atomic E-state index is 0.356. The molecular formula is C10H15SbSe. The second-order valence-corrected chi connectivity index (χ2v) is 8.04. The number of hydrogen-bond donors (Lipinski definition) is 0. The Morgan fingerprint density at radius 2 is 1.58 bits per heavy atom. The van der Waals surface area contributed by atoms with Gasteiger partial charge in [-0.15, -0.1) is 0 Å². The second kappa shape index (κ2) is 9.64. The maximum atomic E-state index is 2.90. The van der Waals surface area contributed by atoms with Crippen LogP contribution < -0.4 is 4.46 Å². The summed E-state index contributed by atoms with van der Waals surface area (Å²) in [6.45, 7) is 4.56. The molecule has 0 spiro atoms. The topological polar surface area (TPSA) is 0 Å². The maximum absolute atomic E-state index is 2.90. The van der Waals surface area contributed by atoms with Gasteiger partial charge in [0, 0.05) is 0 Å². The Kier molecular flexibility index (Phi) is 10.1. The number of hydrogen-bond acceptors (Lipinski definition) is 0. The zero-order valence-corrected chi connectivity index (χ0v) is 11.9. The molecule has 1 aromatic carbocycles. The van der Waals surface area contributed by atoms with Gasteiger partial charge >= 0.3 is 95.0 Å². The van der Waals surface area contributed by atoms with Gasteiger partial charge < -0.3 is 0 Å². The quantitative estimate of drug-likeness (QED) is 0.726. The Morgan fingerprint density at radius 1 is 1.08 bits per heavy atom. The SMILES string of the molecule is C[CH2][Sb][CH2]C.[Se]c1ccccc1. The molecule has 0 aliphatic rings. The molecule has 0 atom stereocenters. The summed E-state index contributed by atoms with van der Waals surface area (Å²) < 4.78 is 4.18. The molecule has 0 nitrogen and oxygen atoms in total. The van der Waals surface area contributed by atoms with E-state index in [4.69, 9.17) is 0 Å². The van der Waals surface area contributed by atoms with Crippen molar-refractivity contribution in [1.29, 1.82) is 0 Å². The molecule has 0 amide bonds. The van der Waals surface area contributed by atoms with Gasteiger partial charge in [-0.2, -0.15) is 0 Å². The van der Waals surface area contributed by atoms with Gasteiger partial charge in [0.1, 0.15) is 0 Å². The summed E-state index contributed by atoms with van der Waals surface area (Å²) in [6.07, 6.45) is 0. The van der Waals surface area contributed by atoms with Crippen LogP contribution in [-0.2, 0) is 0 Å². The molecule has 1 aromatic rings. The van der Waals surface area contributed by atoms with Gasteiger partial charge in [-0.05, 0) is 0 Å². The van der Waals surface area contributed by atoms with Crippen molar-refractivity contribution in [1.82, 2.24) is 0 Å². The first-order valence-electron chi connectivity index (χ1n) is 4.16. The molecule has 0 fully saturated rings. The minimum atomic E-state index is 0.356. The molecule has 0 bridgehead atoms. The zero-order valence-electron chi connectivity index (χ0n) is 7.66. The van der Waals surface area contributed by atoms with Crippen molar-refractivity contribution in [3.05, 3.63) is 30.3 Å². The van der Waals surface area contributed by atoms with E-state index in [1.54, 1.807) is 0 Å². The molecule has 0 aliphatic heterocycles. The number of benzene rings is 1. The Balaban J connectivity index is 0.000000217. The average Bonchev–Trinajstić information content (AvgIpc) is 2.08. The van der Waals surface area contributed by atoms with Crippen molar-refractivity contribution in [2.24, 2.45) is 0 Å². The van der Waals surface area contributed by atoms with E-state index in [1.807, 2.05) is 30.3 Å². The summed E-state index contributed by atoms with van der Waals surface area (Å²) >= 11 is 3.26. The van der Waals surface area contributed by atoms with Crippen molar-refractivity contribution in [3.8, 4) is 0 Å². The third-order valence-corrected chi connectivity index (χ3v) is 4.31. The van der Waals surface area contributed by atoms with Crippen LogP contribution in [0.4, 0.5) is 0 Å². The Labute approximate surface area is 94.5 Å². The Morgan fingerprint density at radius 3 is 1.75 bits per heavy atom. The molecule has 0 heterocycles. The van der Waals surface area contributed by atoms with Gasteiger partial charge in [-0.3, -0.25) is 0 Å². The van der Waals surface area contributed by atoms with E-state index in [-0.39, 0.29) is 0 Å². The summed E-state index contributed by atoms with van der Waals surface area (Å²) in [6, 6.07) is 10.1. The van der Waals surface area contributed by atoms with Gasteiger partial charge in [0.15, 0.2) is 0 Å². The van der Waals surface area contributed by atoms with E-state index in [0.29, 0.717) is 21.6 Å². The third kappa shape index (κ3) is 8.65. The van der Waals surface area contributed by atoms with Crippen LogP contribution in [0.15, 0.2) is 30.3 Å². The molecular weight excluding hydrogens is 321 g/mol.